The number of methoxy groups -OCH3 is 1. The molecule has 0 bridgehead atoms. The molecule has 5 rings (SSSR count). The number of amides is 1. The molecule has 1 unspecified atom stereocenters. The van der Waals surface area contributed by atoms with Gasteiger partial charge in [-0.2, -0.15) is 5.10 Å². The zero-order valence-corrected chi connectivity index (χ0v) is 18.1. The lowest BCUT2D eigenvalue weighted by molar-refractivity contribution is 0.0963. The molecule has 1 saturated heterocycles. The van der Waals surface area contributed by atoms with E-state index >= 15 is 4.39 Å². The van der Waals surface area contributed by atoms with Crippen molar-refractivity contribution in [3.05, 3.63) is 35.4 Å². The Morgan fingerprint density at radius 2 is 2.16 bits per heavy atom. The molecule has 3 aromatic heterocycles. The first kappa shape index (κ1) is 20.6. The standard InChI is InChI=1S/C22H26FN7O2/c1-24-22(31)14-8-15(23)20(28-21(14)27-13-4-3-7-25-10-13)16-11-26-18-9-17(32-2)19(12-5-6-12)29-30(16)18/h8-9,11-13,25H,3-7,10H2,1-2H3,(H,24,31)(H,27,28). The molecule has 32 heavy (non-hydrogen) atoms. The third kappa shape index (κ3) is 3.75. The van der Waals surface area contributed by atoms with Crippen LogP contribution in [0.25, 0.3) is 17.0 Å². The van der Waals surface area contributed by atoms with E-state index in [9.17, 15) is 4.79 Å². The van der Waals surface area contributed by atoms with Crippen molar-refractivity contribution >= 4 is 17.4 Å². The van der Waals surface area contributed by atoms with E-state index in [0.717, 1.165) is 44.5 Å². The Hall–Kier alpha value is -3.27. The summed E-state index contributed by atoms with van der Waals surface area (Å²) in [5.74, 6) is 0.372. The van der Waals surface area contributed by atoms with Crippen molar-refractivity contribution < 1.29 is 13.9 Å². The topological polar surface area (TPSA) is 105 Å². The van der Waals surface area contributed by atoms with Gasteiger partial charge in [-0.15, -0.1) is 0 Å². The van der Waals surface area contributed by atoms with E-state index in [1.807, 2.05) is 6.07 Å². The summed E-state index contributed by atoms with van der Waals surface area (Å²) < 4.78 is 22.3. The highest BCUT2D eigenvalue weighted by Gasteiger charge is 2.30. The smallest absolute Gasteiger partial charge is 0.254 e. The van der Waals surface area contributed by atoms with E-state index < -0.39 is 11.7 Å². The molecule has 10 heteroatoms. The third-order valence-corrected chi connectivity index (χ3v) is 6.00. The van der Waals surface area contributed by atoms with Gasteiger partial charge in [0.15, 0.2) is 11.5 Å². The quantitative estimate of drug-likeness (QED) is 0.541. The van der Waals surface area contributed by atoms with E-state index in [2.05, 4.69) is 25.9 Å². The fourth-order valence-corrected chi connectivity index (χ4v) is 4.13. The number of hydrogen-bond donors (Lipinski definition) is 3. The van der Waals surface area contributed by atoms with Gasteiger partial charge in [0.1, 0.15) is 28.6 Å². The fraction of sp³-hybridized carbons (Fsp3) is 0.455. The summed E-state index contributed by atoms with van der Waals surface area (Å²) in [4.78, 5) is 21.4. The first-order valence-electron chi connectivity index (χ1n) is 10.9. The third-order valence-electron chi connectivity index (χ3n) is 6.00. The van der Waals surface area contributed by atoms with E-state index in [1.54, 1.807) is 17.8 Å². The van der Waals surface area contributed by atoms with Crippen LogP contribution in [-0.4, -0.2) is 58.8 Å². The van der Waals surface area contributed by atoms with Crippen molar-refractivity contribution in [3.8, 4) is 17.1 Å². The average Bonchev–Trinajstić information content (AvgIpc) is 3.59. The predicted octanol–water partition coefficient (Wildman–Crippen LogP) is 2.34. The Morgan fingerprint density at radius 3 is 2.84 bits per heavy atom. The van der Waals surface area contributed by atoms with Crippen LogP contribution in [0.2, 0.25) is 0 Å². The first-order chi connectivity index (χ1) is 15.6. The first-order valence-corrected chi connectivity index (χ1v) is 10.9. The van der Waals surface area contributed by atoms with Gasteiger partial charge >= 0.3 is 0 Å². The molecule has 168 valence electrons. The lowest BCUT2D eigenvalue weighted by atomic mass is 10.1. The largest absolute Gasteiger partial charge is 0.495 e. The van der Waals surface area contributed by atoms with Crippen LogP contribution in [0.15, 0.2) is 18.3 Å². The summed E-state index contributed by atoms with van der Waals surface area (Å²) in [7, 11) is 3.13. The predicted molar refractivity (Wildman–Crippen MR) is 118 cm³/mol. The normalized spacial score (nSPS) is 18.5. The number of fused-ring (bicyclic) bond motifs is 1. The Balaban J connectivity index is 1.61. The van der Waals surface area contributed by atoms with Gasteiger partial charge in [0.25, 0.3) is 5.91 Å². The number of piperidine rings is 1. The lowest BCUT2D eigenvalue weighted by Crippen LogP contribution is -2.39. The highest BCUT2D eigenvalue weighted by molar-refractivity contribution is 5.99. The van der Waals surface area contributed by atoms with E-state index in [0.29, 0.717) is 28.8 Å². The van der Waals surface area contributed by atoms with E-state index in [1.165, 1.54) is 13.1 Å². The molecule has 3 N–H and O–H groups in total. The molecule has 0 spiro atoms. The number of imidazole rings is 1. The Bertz CT molecular complexity index is 1170. The second kappa shape index (κ2) is 8.34. The van der Waals surface area contributed by atoms with Crippen LogP contribution < -0.4 is 20.7 Å². The molecule has 1 amide bonds. The lowest BCUT2D eigenvalue weighted by Gasteiger charge is -2.25. The minimum atomic E-state index is -0.608. The molecule has 9 nitrogen and oxygen atoms in total. The summed E-state index contributed by atoms with van der Waals surface area (Å²) in [6.45, 7) is 1.71. The molecule has 1 atom stereocenters. The van der Waals surface area contributed by atoms with Gasteiger partial charge in [-0.05, 0) is 38.3 Å². The van der Waals surface area contributed by atoms with E-state index in [-0.39, 0.29) is 17.3 Å². The number of rotatable bonds is 6. The number of halogens is 1. The number of nitrogens with one attached hydrogen (secondary N) is 3. The summed E-state index contributed by atoms with van der Waals surface area (Å²) >= 11 is 0. The molecule has 2 fully saturated rings. The van der Waals surface area contributed by atoms with Gasteiger partial charge in [0.05, 0.1) is 18.9 Å². The van der Waals surface area contributed by atoms with Crippen LogP contribution in [0.3, 0.4) is 0 Å². The highest BCUT2D eigenvalue weighted by atomic mass is 19.1. The van der Waals surface area contributed by atoms with Gasteiger partial charge in [-0.25, -0.2) is 18.9 Å². The van der Waals surface area contributed by atoms with Gasteiger partial charge in [-0.1, -0.05) is 0 Å². The van der Waals surface area contributed by atoms with Gasteiger partial charge in [0, 0.05) is 31.6 Å². The van der Waals surface area contributed by atoms with Crippen LogP contribution in [0.1, 0.15) is 47.7 Å². The van der Waals surface area contributed by atoms with Gasteiger partial charge < -0.3 is 20.7 Å². The minimum absolute atomic E-state index is 0.0934. The Labute approximate surface area is 184 Å². The van der Waals surface area contributed by atoms with Crippen molar-refractivity contribution in [2.45, 2.75) is 37.6 Å². The number of anilines is 1. The molecular weight excluding hydrogens is 413 g/mol. The summed E-state index contributed by atoms with van der Waals surface area (Å²) in [6, 6.07) is 3.14. The molecule has 1 saturated carbocycles. The second-order valence-corrected chi connectivity index (χ2v) is 8.27. The van der Waals surface area contributed by atoms with Crippen molar-refractivity contribution in [2.24, 2.45) is 0 Å². The molecule has 2 aliphatic rings. The second-order valence-electron chi connectivity index (χ2n) is 8.27. The van der Waals surface area contributed by atoms with Crippen molar-refractivity contribution in [1.29, 1.82) is 0 Å². The molecular formula is C22H26FN7O2. The fourth-order valence-electron chi connectivity index (χ4n) is 4.13. The summed E-state index contributed by atoms with van der Waals surface area (Å²) in [5.41, 5.74) is 2.07. The molecule has 0 aromatic carbocycles. The van der Waals surface area contributed by atoms with Crippen molar-refractivity contribution in [2.75, 3.05) is 32.6 Å². The van der Waals surface area contributed by atoms with Gasteiger partial charge in [0.2, 0.25) is 0 Å². The molecule has 1 aliphatic carbocycles. The molecule has 1 aliphatic heterocycles. The Morgan fingerprint density at radius 1 is 1.31 bits per heavy atom. The van der Waals surface area contributed by atoms with Crippen LogP contribution in [0.4, 0.5) is 10.2 Å². The Kier molecular flexibility index (Phi) is 5.38. The number of aromatic nitrogens is 4. The number of carbonyl (C=O) groups excluding carboxylic acids is 1. The van der Waals surface area contributed by atoms with Crippen LogP contribution in [0, 0.1) is 5.82 Å². The SMILES string of the molecule is CNC(=O)c1cc(F)c(-c2cnc3cc(OC)c(C4CC4)nn23)nc1NC1CCCNC1. The maximum Gasteiger partial charge on any atom is 0.254 e. The number of carbonyl (C=O) groups is 1. The average molecular weight is 439 g/mol. The summed E-state index contributed by atoms with van der Waals surface area (Å²) in [5, 5.41) is 13.9. The monoisotopic (exact) mass is 439 g/mol. The zero-order valence-electron chi connectivity index (χ0n) is 18.1. The summed E-state index contributed by atoms with van der Waals surface area (Å²) in [6.07, 6.45) is 5.61. The van der Waals surface area contributed by atoms with Crippen molar-refractivity contribution in [3.63, 3.8) is 0 Å². The zero-order chi connectivity index (χ0) is 22.2. The molecule has 3 aromatic rings. The van der Waals surface area contributed by atoms with Gasteiger partial charge in [-0.3, -0.25) is 4.79 Å². The van der Waals surface area contributed by atoms with Crippen LogP contribution in [0.5, 0.6) is 5.75 Å². The number of hydrogen-bond acceptors (Lipinski definition) is 7. The highest BCUT2D eigenvalue weighted by Crippen LogP contribution is 2.43. The molecule has 4 heterocycles. The van der Waals surface area contributed by atoms with Crippen molar-refractivity contribution in [1.82, 2.24) is 30.2 Å². The maximum atomic E-state index is 15.2. The number of ether oxygens (including phenoxy) is 1. The number of pyridine rings is 1. The van der Waals surface area contributed by atoms with E-state index in [4.69, 9.17) is 9.84 Å². The van der Waals surface area contributed by atoms with Crippen LogP contribution >= 0.6 is 0 Å². The maximum absolute atomic E-state index is 15.2. The molecule has 0 radical (unpaired) electrons. The number of nitrogens with zero attached hydrogens (tertiary/aromatic N) is 4. The van der Waals surface area contributed by atoms with Crippen LogP contribution in [-0.2, 0) is 0 Å². The minimum Gasteiger partial charge on any atom is -0.495 e.